The van der Waals surface area contributed by atoms with Gasteiger partial charge in [-0.1, -0.05) is 0 Å². The van der Waals surface area contributed by atoms with E-state index in [-0.39, 0.29) is 18.2 Å². The van der Waals surface area contributed by atoms with E-state index >= 15 is 0 Å². The Morgan fingerprint density at radius 1 is 1.30 bits per heavy atom. The van der Waals surface area contributed by atoms with E-state index in [2.05, 4.69) is 29.6 Å². The maximum absolute atomic E-state index is 12.1. The van der Waals surface area contributed by atoms with Crippen LogP contribution in [0.15, 0.2) is 24.4 Å². The summed E-state index contributed by atoms with van der Waals surface area (Å²) >= 11 is 0. The molecule has 2 amide bonds. The van der Waals surface area contributed by atoms with E-state index in [4.69, 9.17) is 0 Å². The standard InChI is InChI=1S/C17H24N4O2/c1-11(2)21-10-12-9-14(5-8-16(12)20-21)19-17(23)18-13-3-6-15(22)7-4-13/h5,8-11,13,15,22H,3-4,6-7H2,1-2H3,(H2,18,19,23). The molecule has 2 aromatic rings. The molecule has 3 rings (SSSR count). The molecule has 124 valence electrons. The van der Waals surface area contributed by atoms with Crippen molar-refractivity contribution in [2.75, 3.05) is 5.32 Å². The van der Waals surface area contributed by atoms with Gasteiger partial charge >= 0.3 is 6.03 Å². The number of amides is 2. The Bertz CT molecular complexity index is 687. The zero-order chi connectivity index (χ0) is 16.4. The van der Waals surface area contributed by atoms with Crippen LogP contribution in [0.4, 0.5) is 10.5 Å². The van der Waals surface area contributed by atoms with Gasteiger partial charge in [0.1, 0.15) is 0 Å². The van der Waals surface area contributed by atoms with Crippen molar-refractivity contribution in [3.05, 3.63) is 24.4 Å². The Morgan fingerprint density at radius 2 is 2.04 bits per heavy atom. The number of hydrogen-bond donors (Lipinski definition) is 3. The van der Waals surface area contributed by atoms with Crippen LogP contribution in [0.25, 0.3) is 10.9 Å². The summed E-state index contributed by atoms with van der Waals surface area (Å²) in [5.74, 6) is 0. The molecule has 1 aromatic heterocycles. The molecule has 1 aliphatic rings. The van der Waals surface area contributed by atoms with Crippen LogP contribution in [0.2, 0.25) is 0 Å². The molecule has 1 aromatic carbocycles. The van der Waals surface area contributed by atoms with Crippen LogP contribution in [0.5, 0.6) is 0 Å². The lowest BCUT2D eigenvalue weighted by atomic mass is 9.93. The molecule has 0 aliphatic heterocycles. The lowest BCUT2D eigenvalue weighted by molar-refractivity contribution is 0.118. The minimum Gasteiger partial charge on any atom is -0.393 e. The molecule has 1 aliphatic carbocycles. The summed E-state index contributed by atoms with van der Waals surface area (Å²) in [6.07, 6.45) is 4.95. The molecular formula is C17H24N4O2. The first-order valence-electron chi connectivity index (χ1n) is 8.26. The lowest BCUT2D eigenvalue weighted by Crippen LogP contribution is -2.40. The van der Waals surface area contributed by atoms with Crippen LogP contribution < -0.4 is 10.6 Å². The van der Waals surface area contributed by atoms with E-state index in [1.807, 2.05) is 29.1 Å². The van der Waals surface area contributed by atoms with Gasteiger partial charge in [0, 0.05) is 29.4 Å². The average Bonchev–Trinajstić information content (AvgIpc) is 2.93. The quantitative estimate of drug-likeness (QED) is 0.814. The molecular weight excluding hydrogens is 292 g/mol. The predicted octanol–water partition coefficient (Wildman–Crippen LogP) is 3.04. The molecule has 1 heterocycles. The maximum atomic E-state index is 12.1. The number of anilines is 1. The lowest BCUT2D eigenvalue weighted by Gasteiger charge is -2.26. The van der Waals surface area contributed by atoms with Crippen LogP contribution in [-0.4, -0.2) is 33.1 Å². The molecule has 0 spiro atoms. The van der Waals surface area contributed by atoms with Crippen LogP contribution >= 0.6 is 0 Å². The van der Waals surface area contributed by atoms with Gasteiger partial charge in [-0.25, -0.2) is 4.79 Å². The zero-order valence-electron chi connectivity index (χ0n) is 13.6. The van der Waals surface area contributed by atoms with E-state index in [9.17, 15) is 9.90 Å². The fourth-order valence-corrected chi connectivity index (χ4v) is 2.96. The Hall–Kier alpha value is -2.08. The predicted molar refractivity (Wildman–Crippen MR) is 90.5 cm³/mol. The van der Waals surface area contributed by atoms with Crippen molar-refractivity contribution in [2.45, 2.75) is 57.7 Å². The first-order chi connectivity index (χ1) is 11.0. The van der Waals surface area contributed by atoms with Gasteiger partial charge in [0.2, 0.25) is 0 Å². The monoisotopic (exact) mass is 316 g/mol. The Kier molecular flexibility index (Phi) is 4.52. The van der Waals surface area contributed by atoms with Crippen molar-refractivity contribution < 1.29 is 9.90 Å². The van der Waals surface area contributed by atoms with E-state index in [0.717, 1.165) is 42.3 Å². The minimum absolute atomic E-state index is 0.144. The highest BCUT2D eigenvalue weighted by atomic mass is 16.3. The Morgan fingerprint density at radius 3 is 2.74 bits per heavy atom. The van der Waals surface area contributed by atoms with Crippen LogP contribution in [0.1, 0.15) is 45.6 Å². The number of fused-ring (bicyclic) bond motifs is 1. The van der Waals surface area contributed by atoms with Crippen molar-refractivity contribution >= 4 is 22.6 Å². The molecule has 0 saturated heterocycles. The molecule has 3 N–H and O–H groups in total. The SMILES string of the molecule is CC(C)n1cc2cc(NC(=O)NC3CCC(O)CC3)ccc2n1. The van der Waals surface area contributed by atoms with Crippen LogP contribution in [0, 0.1) is 0 Å². The normalized spacial score (nSPS) is 21.6. The van der Waals surface area contributed by atoms with Crippen LogP contribution in [-0.2, 0) is 0 Å². The van der Waals surface area contributed by atoms with Gasteiger partial charge in [-0.2, -0.15) is 5.10 Å². The molecule has 6 heteroatoms. The van der Waals surface area contributed by atoms with E-state index in [0.29, 0.717) is 6.04 Å². The average molecular weight is 316 g/mol. The third-order valence-corrected chi connectivity index (χ3v) is 4.34. The summed E-state index contributed by atoms with van der Waals surface area (Å²) in [7, 11) is 0. The van der Waals surface area contributed by atoms with Gasteiger partial charge in [0.05, 0.1) is 11.6 Å². The number of hydrogen-bond acceptors (Lipinski definition) is 3. The van der Waals surface area contributed by atoms with Crippen molar-refractivity contribution in [1.29, 1.82) is 0 Å². The highest BCUT2D eigenvalue weighted by Gasteiger charge is 2.20. The number of rotatable bonds is 3. The molecule has 0 atom stereocenters. The van der Waals surface area contributed by atoms with Crippen molar-refractivity contribution in [3.63, 3.8) is 0 Å². The second-order valence-electron chi connectivity index (χ2n) is 6.58. The van der Waals surface area contributed by atoms with Gasteiger partial charge in [-0.3, -0.25) is 4.68 Å². The second-order valence-corrected chi connectivity index (χ2v) is 6.58. The summed E-state index contributed by atoms with van der Waals surface area (Å²) < 4.78 is 1.92. The molecule has 1 saturated carbocycles. The molecule has 0 radical (unpaired) electrons. The first-order valence-corrected chi connectivity index (χ1v) is 8.26. The Balaban J connectivity index is 1.62. The fraction of sp³-hybridized carbons (Fsp3) is 0.529. The molecule has 23 heavy (non-hydrogen) atoms. The van der Waals surface area contributed by atoms with Crippen molar-refractivity contribution in [2.24, 2.45) is 0 Å². The topological polar surface area (TPSA) is 79.2 Å². The maximum Gasteiger partial charge on any atom is 0.319 e. The minimum atomic E-state index is -0.212. The van der Waals surface area contributed by atoms with Gasteiger partial charge in [-0.05, 0) is 57.7 Å². The number of urea groups is 1. The largest absolute Gasteiger partial charge is 0.393 e. The van der Waals surface area contributed by atoms with Crippen molar-refractivity contribution in [1.82, 2.24) is 15.1 Å². The summed E-state index contributed by atoms with van der Waals surface area (Å²) in [6.45, 7) is 4.17. The third kappa shape index (κ3) is 3.82. The smallest absolute Gasteiger partial charge is 0.319 e. The van der Waals surface area contributed by atoms with Gasteiger partial charge in [0.25, 0.3) is 0 Å². The number of aliphatic hydroxyl groups excluding tert-OH is 1. The molecule has 0 unspecified atom stereocenters. The summed E-state index contributed by atoms with van der Waals surface area (Å²) in [4.78, 5) is 12.1. The number of nitrogens with zero attached hydrogens (tertiary/aromatic N) is 2. The fourth-order valence-electron chi connectivity index (χ4n) is 2.96. The Labute approximate surface area is 135 Å². The summed E-state index contributed by atoms with van der Waals surface area (Å²) in [6, 6.07) is 5.98. The third-order valence-electron chi connectivity index (χ3n) is 4.34. The molecule has 6 nitrogen and oxygen atoms in total. The highest BCUT2D eigenvalue weighted by Crippen LogP contribution is 2.21. The number of carbonyl (C=O) groups is 1. The number of aromatic nitrogens is 2. The number of aliphatic hydroxyl groups is 1. The van der Waals surface area contributed by atoms with Crippen LogP contribution in [0.3, 0.4) is 0 Å². The summed E-state index contributed by atoms with van der Waals surface area (Å²) in [5, 5.41) is 20.9. The summed E-state index contributed by atoms with van der Waals surface area (Å²) in [5.41, 5.74) is 1.68. The highest BCUT2D eigenvalue weighted by molar-refractivity contribution is 5.92. The van der Waals surface area contributed by atoms with Crippen molar-refractivity contribution in [3.8, 4) is 0 Å². The molecule has 0 bridgehead atoms. The number of carbonyl (C=O) groups excluding carboxylic acids is 1. The number of nitrogens with one attached hydrogen (secondary N) is 2. The van der Waals surface area contributed by atoms with E-state index in [1.54, 1.807) is 0 Å². The number of benzene rings is 1. The second kappa shape index (κ2) is 6.58. The first kappa shape index (κ1) is 15.8. The van der Waals surface area contributed by atoms with Gasteiger partial charge in [-0.15, -0.1) is 0 Å². The van der Waals surface area contributed by atoms with E-state index < -0.39 is 0 Å². The zero-order valence-corrected chi connectivity index (χ0v) is 13.6. The van der Waals surface area contributed by atoms with E-state index in [1.165, 1.54) is 0 Å². The van der Waals surface area contributed by atoms with Gasteiger partial charge in [0.15, 0.2) is 0 Å². The van der Waals surface area contributed by atoms with Gasteiger partial charge < -0.3 is 15.7 Å². The molecule has 1 fully saturated rings.